The highest BCUT2D eigenvalue weighted by atomic mass is 16.5. The van der Waals surface area contributed by atoms with Crippen LogP contribution in [-0.4, -0.2) is 43.2 Å². The molecule has 1 unspecified atom stereocenters. The number of ether oxygens (including phenoxy) is 2. The minimum Gasteiger partial charge on any atom is -0.509 e. The SMILES string of the molecule is COC(=O)C1=C(O)C(c2ccc(OC)cc2)N(C)C1=O. The van der Waals surface area contributed by atoms with Crippen LogP contribution < -0.4 is 4.74 Å². The molecule has 1 aromatic carbocycles. The number of benzene rings is 1. The molecule has 1 atom stereocenters. The Bertz CT molecular complexity index is 576. The maximum atomic E-state index is 12.0. The van der Waals surface area contributed by atoms with Gasteiger partial charge >= 0.3 is 5.97 Å². The Labute approximate surface area is 116 Å². The summed E-state index contributed by atoms with van der Waals surface area (Å²) in [5.41, 5.74) is 0.355. The second-order valence-electron chi connectivity index (χ2n) is 4.34. The second kappa shape index (κ2) is 5.24. The van der Waals surface area contributed by atoms with Crippen LogP contribution in [-0.2, 0) is 14.3 Å². The molecule has 1 heterocycles. The van der Waals surface area contributed by atoms with Crippen LogP contribution in [0.1, 0.15) is 11.6 Å². The van der Waals surface area contributed by atoms with Gasteiger partial charge in [-0.3, -0.25) is 4.79 Å². The van der Waals surface area contributed by atoms with Gasteiger partial charge in [-0.25, -0.2) is 4.79 Å². The molecular weight excluding hydrogens is 262 g/mol. The maximum absolute atomic E-state index is 12.0. The lowest BCUT2D eigenvalue weighted by Crippen LogP contribution is -2.27. The Morgan fingerprint density at radius 1 is 1.25 bits per heavy atom. The fourth-order valence-corrected chi connectivity index (χ4v) is 2.18. The standard InChI is InChI=1S/C14H15NO5/c1-15-11(8-4-6-9(19-2)7-5-8)12(16)10(13(15)17)14(18)20-3/h4-7,11,16H,1-3H3. The minimum atomic E-state index is -0.838. The largest absolute Gasteiger partial charge is 0.509 e. The first-order valence-electron chi connectivity index (χ1n) is 5.93. The van der Waals surface area contributed by atoms with Gasteiger partial charge in [-0.1, -0.05) is 12.1 Å². The topological polar surface area (TPSA) is 76.1 Å². The summed E-state index contributed by atoms with van der Waals surface area (Å²) >= 11 is 0. The zero-order chi connectivity index (χ0) is 14.9. The maximum Gasteiger partial charge on any atom is 0.347 e. The molecule has 0 saturated carbocycles. The molecule has 1 N–H and O–H groups in total. The van der Waals surface area contributed by atoms with Gasteiger partial charge < -0.3 is 19.5 Å². The van der Waals surface area contributed by atoms with Crippen molar-refractivity contribution in [2.24, 2.45) is 0 Å². The summed E-state index contributed by atoms with van der Waals surface area (Å²) in [5, 5.41) is 10.2. The smallest absolute Gasteiger partial charge is 0.347 e. The molecule has 20 heavy (non-hydrogen) atoms. The van der Waals surface area contributed by atoms with E-state index in [-0.39, 0.29) is 11.3 Å². The van der Waals surface area contributed by atoms with Gasteiger partial charge in [-0.15, -0.1) is 0 Å². The normalized spacial score (nSPS) is 18.4. The predicted octanol–water partition coefficient (Wildman–Crippen LogP) is 1.19. The molecule has 0 saturated heterocycles. The molecular formula is C14H15NO5. The van der Waals surface area contributed by atoms with Crippen molar-refractivity contribution in [2.45, 2.75) is 6.04 Å². The lowest BCUT2D eigenvalue weighted by molar-refractivity contribution is -0.139. The zero-order valence-electron chi connectivity index (χ0n) is 11.4. The van der Waals surface area contributed by atoms with Gasteiger partial charge in [0.2, 0.25) is 0 Å². The monoisotopic (exact) mass is 277 g/mol. The fourth-order valence-electron chi connectivity index (χ4n) is 2.18. The highest BCUT2D eigenvalue weighted by molar-refractivity contribution is 6.18. The van der Waals surface area contributed by atoms with Crippen LogP contribution in [0.2, 0.25) is 0 Å². The number of esters is 1. The lowest BCUT2D eigenvalue weighted by Gasteiger charge is -2.21. The van der Waals surface area contributed by atoms with Crippen molar-refractivity contribution in [3.8, 4) is 5.75 Å². The highest BCUT2D eigenvalue weighted by Crippen LogP contribution is 2.36. The summed E-state index contributed by atoms with van der Waals surface area (Å²) in [7, 11) is 4.23. The molecule has 0 radical (unpaired) electrons. The summed E-state index contributed by atoms with van der Waals surface area (Å²) < 4.78 is 9.57. The number of rotatable bonds is 3. The van der Waals surface area contributed by atoms with E-state index in [1.54, 1.807) is 31.4 Å². The summed E-state index contributed by atoms with van der Waals surface area (Å²) in [6, 6.07) is 6.20. The van der Waals surface area contributed by atoms with Crippen LogP contribution in [0, 0.1) is 0 Å². The molecule has 0 aliphatic carbocycles. The number of methoxy groups -OCH3 is 2. The highest BCUT2D eigenvalue weighted by Gasteiger charge is 2.42. The van der Waals surface area contributed by atoms with Gasteiger partial charge in [0.1, 0.15) is 17.6 Å². The van der Waals surface area contributed by atoms with Crippen molar-refractivity contribution in [2.75, 3.05) is 21.3 Å². The van der Waals surface area contributed by atoms with E-state index in [9.17, 15) is 14.7 Å². The van der Waals surface area contributed by atoms with Gasteiger partial charge in [-0.05, 0) is 17.7 Å². The van der Waals surface area contributed by atoms with Crippen molar-refractivity contribution < 1.29 is 24.2 Å². The summed E-state index contributed by atoms with van der Waals surface area (Å²) in [6.07, 6.45) is 0. The van der Waals surface area contributed by atoms with Crippen LogP contribution in [0.5, 0.6) is 5.75 Å². The summed E-state index contributed by atoms with van der Waals surface area (Å²) in [4.78, 5) is 24.9. The van der Waals surface area contributed by atoms with E-state index in [0.29, 0.717) is 11.3 Å². The van der Waals surface area contributed by atoms with Gasteiger partial charge in [0.15, 0.2) is 5.57 Å². The number of nitrogens with zero attached hydrogens (tertiary/aromatic N) is 1. The van der Waals surface area contributed by atoms with Crippen LogP contribution in [0.4, 0.5) is 0 Å². The first kappa shape index (κ1) is 13.9. The molecule has 0 aromatic heterocycles. The van der Waals surface area contributed by atoms with E-state index >= 15 is 0 Å². The molecule has 1 aromatic rings. The Balaban J connectivity index is 2.42. The number of carbonyl (C=O) groups is 2. The average Bonchev–Trinajstić information content (AvgIpc) is 2.69. The second-order valence-corrected chi connectivity index (χ2v) is 4.34. The number of aliphatic hydroxyl groups excluding tert-OH is 1. The Morgan fingerprint density at radius 2 is 1.85 bits per heavy atom. The summed E-state index contributed by atoms with van der Waals surface area (Å²) in [6.45, 7) is 0. The minimum absolute atomic E-state index is 0.297. The first-order valence-corrected chi connectivity index (χ1v) is 5.93. The number of hydrogen-bond donors (Lipinski definition) is 1. The molecule has 106 valence electrons. The van der Waals surface area contributed by atoms with Crippen LogP contribution in [0.15, 0.2) is 35.6 Å². The average molecular weight is 277 g/mol. The first-order chi connectivity index (χ1) is 9.51. The number of amides is 1. The molecule has 6 nitrogen and oxygen atoms in total. The Morgan fingerprint density at radius 3 is 2.35 bits per heavy atom. The van der Waals surface area contributed by atoms with Crippen molar-refractivity contribution in [3.63, 3.8) is 0 Å². The third-order valence-corrected chi connectivity index (χ3v) is 3.26. The van der Waals surface area contributed by atoms with E-state index < -0.39 is 17.9 Å². The molecule has 1 amide bonds. The third kappa shape index (κ3) is 2.09. The lowest BCUT2D eigenvalue weighted by atomic mass is 10.0. The van der Waals surface area contributed by atoms with Crippen LogP contribution >= 0.6 is 0 Å². The van der Waals surface area contributed by atoms with Gasteiger partial charge in [-0.2, -0.15) is 0 Å². The molecule has 6 heteroatoms. The van der Waals surface area contributed by atoms with Gasteiger partial charge in [0.25, 0.3) is 5.91 Å². The van der Waals surface area contributed by atoms with Crippen LogP contribution in [0.25, 0.3) is 0 Å². The van der Waals surface area contributed by atoms with Crippen molar-refractivity contribution in [3.05, 3.63) is 41.2 Å². The third-order valence-electron chi connectivity index (χ3n) is 3.26. The molecule has 0 bridgehead atoms. The number of hydrogen-bond acceptors (Lipinski definition) is 5. The number of carbonyl (C=O) groups excluding carboxylic acids is 2. The van der Waals surface area contributed by atoms with E-state index in [1.807, 2.05) is 0 Å². The molecule has 1 aliphatic heterocycles. The fraction of sp³-hybridized carbons (Fsp3) is 0.286. The van der Waals surface area contributed by atoms with Crippen LogP contribution in [0.3, 0.4) is 0 Å². The van der Waals surface area contributed by atoms with E-state index in [2.05, 4.69) is 4.74 Å². The quantitative estimate of drug-likeness (QED) is 0.663. The van der Waals surface area contributed by atoms with E-state index in [4.69, 9.17) is 4.74 Å². The molecule has 1 aliphatic rings. The van der Waals surface area contributed by atoms with Crippen molar-refractivity contribution in [1.82, 2.24) is 4.90 Å². The zero-order valence-corrected chi connectivity index (χ0v) is 11.4. The van der Waals surface area contributed by atoms with Gasteiger partial charge in [0.05, 0.1) is 14.2 Å². The Kier molecular flexibility index (Phi) is 3.65. The van der Waals surface area contributed by atoms with E-state index in [0.717, 1.165) is 7.11 Å². The Hall–Kier alpha value is -2.50. The summed E-state index contributed by atoms with van der Waals surface area (Å²) in [5.74, 6) is -1.03. The van der Waals surface area contributed by atoms with Crippen molar-refractivity contribution >= 4 is 11.9 Å². The number of aliphatic hydroxyl groups is 1. The predicted molar refractivity (Wildman–Crippen MR) is 70.2 cm³/mol. The molecule has 2 rings (SSSR count). The molecule has 0 spiro atoms. The number of likely N-dealkylation sites (N-methyl/N-ethyl adjacent to an activating group) is 1. The molecule has 0 fully saturated rings. The van der Waals surface area contributed by atoms with Crippen molar-refractivity contribution in [1.29, 1.82) is 0 Å². The van der Waals surface area contributed by atoms with E-state index in [1.165, 1.54) is 11.9 Å². The van der Waals surface area contributed by atoms with Gasteiger partial charge in [0, 0.05) is 7.05 Å².